The lowest BCUT2D eigenvalue weighted by molar-refractivity contribution is -0.124. The summed E-state index contributed by atoms with van der Waals surface area (Å²) in [6.07, 6.45) is 1.90. The normalized spacial score (nSPS) is 17.5. The Morgan fingerprint density at radius 1 is 1.26 bits per heavy atom. The maximum atomic E-state index is 13.1. The van der Waals surface area contributed by atoms with Crippen molar-refractivity contribution in [1.82, 2.24) is 15.1 Å². The number of hydrogen-bond donors (Lipinski definition) is 3. The van der Waals surface area contributed by atoms with E-state index in [0.717, 1.165) is 40.9 Å². The Labute approximate surface area is 207 Å². The van der Waals surface area contributed by atoms with Crippen LogP contribution in [0.15, 0.2) is 12.1 Å². The highest BCUT2D eigenvalue weighted by Crippen LogP contribution is 2.40. The second-order valence-electron chi connectivity index (χ2n) is 10.6. The van der Waals surface area contributed by atoms with E-state index in [1.165, 1.54) is 5.56 Å². The average molecular weight is 486 g/mol. The molecule has 0 spiro atoms. The van der Waals surface area contributed by atoms with Crippen LogP contribution in [0.2, 0.25) is 0 Å². The van der Waals surface area contributed by atoms with E-state index < -0.39 is 18.6 Å². The first-order chi connectivity index (χ1) is 16.4. The van der Waals surface area contributed by atoms with Crippen LogP contribution in [0.1, 0.15) is 65.6 Å². The molecular weight excluding hydrogens is 446 g/mol. The Bertz CT molecular complexity index is 1070. The van der Waals surface area contributed by atoms with Crippen molar-refractivity contribution in [3.8, 4) is 5.75 Å². The molecular formula is C27H39N3O5. The summed E-state index contributed by atoms with van der Waals surface area (Å²) in [5.41, 5.74) is 6.35. The fourth-order valence-electron chi connectivity index (χ4n) is 4.74. The molecule has 2 atom stereocenters. The second-order valence-corrected chi connectivity index (χ2v) is 10.6. The van der Waals surface area contributed by atoms with Crippen molar-refractivity contribution in [1.29, 1.82) is 0 Å². The third-order valence-electron chi connectivity index (χ3n) is 7.24. The molecule has 0 aliphatic heterocycles. The summed E-state index contributed by atoms with van der Waals surface area (Å²) in [6, 6.07) is 4.01. The predicted molar refractivity (Wildman–Crippen MR) is 134 cm³/mol. The number of rotatable bonds is 9. The molecule has 0 fully saturated rings. The van der Waals surface area contributed by atoms with Crippen molar-refractivity contribution in [2.24, 2.45) is 11.3 Å². The number of fused-ring (bicyclic) bond motifs is 1. The maximum absolute atomic E-state index is 13.1. The van der Waals surface area contributed by atoms with Gasteiger partial charge in [0, 0.05) is 13.0 Å². The molecule has 1 heterocycles. The number of aliphatic hydroxyl groups is 2. The average Bonchev–Trinajstić information content (AvgIpc) is 3.10. The minimum Gasteiger partial charge on any atom is -0.490 e. The summed E-state index contributed by atoms with van der Waals surface area (Å²) in [6.45, 7) is 12.1. The zero-order chi connectivity index (χ0) is 25.9. The van der Waals surface area contributed by atoms with E-state index in [4.69, 9.17) is 9.84 Å². The minimum absolute atomic E-state index is 0.00453. The van der Waals surface area contributed by atoms with Crippen molar-refractivity contribution >= 4 is 11.8 Å². The molecule has 1 aliphatic carbocycles. The van der Waals surface area contributed by atoms with Crippen LogP contribution < -0.4 is 10.1 Å². The van der Waals surface area contributed by atoms with Crippen LogP contribution >= 0.6 is 0 Å². The second kappa shape index (κ2) is 10.9. The number of aryl methyl sites for hydroxylation is 4. The van der Waals surface area contributed by atoms with Gasteiger partial charge in [0.15, 0.2) is 0 Å². The Balaban J connectivity index is 1.62. The Hall–Kier alpha value is -2.71. The van der Waals surface area contributed by atoms with E-state index in [-0.39, 0.29) is 24.5 Å². The van der Waals surface area contributed by atoms with Gasteiger partial charge < -0.3 is 20.3 Å². The highest BCUT2D eigenvalue weighted by Gasteiger charge is 2.36. The number of benzene rings is 1. The third kappa shape index (κ3) is 6.30. The first kappa shape index (κ1) is 26.9. The van der Waals surface area contributed by atoms with Gasteiger partial charge in [-0.2, -0.15) is 5.10 Å². The van der Waals surface area contributed by atoms with Crippen LogP contribution in [0, 0.1) is 32.1 Å². The molecule has 0 radical (unpaired) electrons. The first-order valence-corrected chi connectivity index (χ1v) is 12.3. The molecule has 0 saturated heterocycles. The van der Waals surface area contributed by atoms with Gasteiger partial charge in [-0.05, 0) is 73.6 Å². The molecule has 1 amide bonds. The van der Waals surface area contributed by atoms with E-state index in [2.05, 4.69) is 31.2 Å². The standard InChI is InChI=1S/C27H39N3O5/c1-16-9-20(10-17(2)26(16)35-15-21(32)13-28-24(33)14-31)7-8-25(34)30-23-11-18(3)27(5,6)12-22(23)19(4)29-30/h9-10,18,21,31-32H,7-8,11-15H2,1-6H3,(H,28,33). The van der Waals surface area contributed by atoms with E-state index >= 15 is 0 Å². The van der Waals surface area contributed by atoms with Crippen LogP contribution in [0.4, 0.5) is 0 Å². The lowest BCUT2D eigenvalue weighted by Crippen LogP contribution is -2.36. The summed E-state index contributed by atoms with van der Waals surface area (Å²) in [7, 11) is 0. The van der Waals surface area contributed by atoms with Crippen molar-refractivity contribution < 1.29 is 24.5 Å². The molecule has 0 bridgehead atoms. The number of hydrogen-bond acceptors (Lipinski definition) is 6. The number of nitrogens with one attached hydrogen (secondary N) is 1. The number of amides is 1. The minimum atomic E-state index is -0.890. The lowest BCUT2D eigenvalue weighted by Gasteiger charge is -2.36. The van der Waals surface area contributed by atoms with Gasteiger partial charge in [0.25, 0.3) is 0 Å². The summed E-state index contributed by atoms with van der Waals surface area (Å²) in [5.74, 6) is 0.644. The number of aromatic nitrogens is 2. The third-order valence-corrected chi connectivity index (χ3v) is 7.24. The van der Waals surface area contributed by atoms with Gasteiger partial charge in [-0.15, -0.1) is 0 Å². The van der Waals surface area contributed by atoms with Crippen molar-refractivity contribution in [3.63, 3.8) is 0 Å². The van der Waals surface area contributed by atoms with Crippen LogP contribution in [0.3, 0.4) is 0 Å². The molecule has 1 aromatic heterocycles. The molecule has 3 rings (SSSR count). The van der Waals surface area contributed by atoms with Crippen LogP contribution in [0.5, 0.6) is 5.75 Å². The van der Waals surface area contributed by atoms with Crippen molar-refractivity contribution in [2.75, 3.05) is 19.8 Å². The highest BCUT2D eigenvalue weighted by molar-refractivity contribution is 5.79. The zero-order valence-electron chi connectivity index (χ0n) is 21.8. The quantitative estimate of drug-likeness (QED) is 0.503. The molecule has 2 unspecified atom stereocenters. The van der Waals surface area contributed by atoms with E-state index in [9.17, 15) is 14.7 Å². The smallest absolute Gasteiger partial charge is 0.247 e. The number of carbonyl (C=O) groups is 2. The maximum Gasteiger partial charge on any atom is 0.247 e. The van der Waals surface area contributed by atoms with E-state index in [1.54, 1.807) is 4.68 Å². The van der Waals surface area contributed by atoms with Gasteiger partial charge >= 0.3 is 0 Å². The Kier molecular flexibility index (Phi) is 8.38. The van der Waals surface area contributed by atoms with Crippen molar-refractivity contribution in [2.45, 2.75) is 73.3 Å². The van der Waals surface area contributed by atoms with Crippen molar-refractivity contribution in [3.05, 3.63) is 45.8 Å². The Morgan fingerprint density at radius 3 is 2.54 bits per heavy atom. The lowest BCUT2D eigenvalue weighted by atomic mass is 9.69. The number of aliphatic hydroxyl groups excluding tert-OH is 2. The van der Waals surface area contributed by atoms with Crippen LogP contribution in [-0.2, 0) is 24.1 Å². The first-order valence-electron chi connectivity index (χ1n) is 12.3. The molecule has 192 valence electrons. The predicted octanol–water partition coefficient (Wildman–Crippen LogP) is 2.69. The zero-order valence-corrected chi connectivity index (χ0v) is 21.8. The van der Waals surface area contributed by atoms with E-state index in [1.807, 2.05) is 32.9 Å². The number of ether oxygens (including phenoxy) is 1. The monoisotopic (exact) mass is 485 g/mol. The molecule has 2 aromatic rings. The molecule has 1 aromatic carbocycles. The van der Waals surface area contributed by atoms with Crippen LogP contribution in [0.25, 0.3) is 0 Å². The summed E-state index contributed by atoms with van der Waals surface area (Å²) in [5, 5.41) is 25.8. The molecule has 8 heteroatoms. The SMILES string of the molecule is Cc1cc(CCC(=O)n2nc(C)c3c2CC(C)C(C)(C)C3)cc(C)c1OCC(O)CNC(=O)CO. The molecule has 1 aliphatic rings. The molecule has 35 heavy (non-hydrogen) atoms. The fourth-order valence-corrected chi connectivity index (χ4v) is 4.74. The molecule has 3 N–H and O–H groups in total. The van der Waals surface area contributed by atoms with E-state index in [0.29, 0.717) is 24.5 Å². The van der Waals surface area contributed by atoms with Crippen LogP contribution in [-0.4, -0.2) is 57.7 Å². The fraction of sp³-hybridized carbons (Fsp3) is 0.593. The summed E-state index contributed by atoms with van der Waals surface area (Å²) < 4.78 is 7.44. The molecule has 8 nitrogen and oxygen atoms in total. The van der Waals surface area contributed by atoms with Gasteiger partial charge in [0.05, 0.1) is 11.4 Å². The largest absolute Gasteiger partial charge is 0.490 e. The molecule has 0 saturated carbocycles. The van der Waals surface area contributed by atoms with Gasteiger partial charge in [0.1, 0.15) is 25.1 Å². The number of nitrogens with zero attached hydrogens (tertiary/aromatic N) is 2. The summed E-state index contributed by atoms with van der Waals surface area (Å²) in [4.78, 5) is 24.2. The topological polar surface area (TPSA) is 114 Å². The Morgan fingerprint density at radius 2 is 1.91 bits per heavy atom. The summed E-state index contributed by atoms with van der Waals surface area (Å²) >= 11 is 0. The number of carbonyl (C=O) groups excluding carboxylic acids is 2. The van der Waals surface area contributed by atoms with Gasteiger partial charge in [-0.3, -0.25) is 9.59 Å². The van der Waals surface area contributed by atoms with Gasteiger partial charge in [-0.1, -0.05) is 32.9 Å². The van der Waals surface area contributed by atoms with Gasteiger partial charge in [0.2, 0.25) is 11.8 Å². The van der Waals surface area contributed by atoms with Gasteiger partial charge in [-0.25, -0.2) is 4.68 Å². The highest BCUT2D eigenvalue weighted by atomic mass is 16.5.